The molecule has 1 aliphatic heterocycles. The van der Waals surface area contributed by atoms with E-state index in [-0.39, 0.29) is 18.0 Å². The van der Waals surface area contributed by atoms with E-state index in [1.807, 2.05) is 0 Å². The first-order chi connectivity index (χ1) is 12.1. The summed E-state index contributed by atoms with van der Waals surface area (Å²) in [5.41, 5.74) is 1.03. The van der Waals surface area contributed by atoms with Crippen LogP contribution < -0.4 is 15.5 Å². The molecule has 2 fully saturated rings. The lowest BCUT2D eigenvalue weighted by Crippen LogP contribution is -2.41. The van der Waals surface area contributed by atoms with Gasteiger partial charge in [-0.25, -0.2) is 9.18 Å². The van der Waals surface area contributed by atoms with Crippen molar-refractivity contribution in [3.8, 4) is 0 Å². The minimum Gasteiger partial charge on any atom is -0.393 e. The number of aliphatic hydroxyl groups excluding tert-OH is 1. The summed E-state index contributed by atoms with van der Waals surface area (Å²) in [7, 11) is 0. The van der Waals surface area contributed by atoms with E-state index in [9.17, 15) is 14.3 Å². The summed E-state index contributed by atoms with van der Waals surface area (Å²) in [4.78, 5) is 14.2. The number of benzene rings is 1. The molecule has 6 heteroatoms. The van der Waals surface area contributed by atoms with Gasteiger partial charge in [0.25, 0.3) is 0 Å². The monoisotopic (exact) mass is 349 g/mol. The number of anilines is 1. The number of hydrogen-bond acceptors (Lipinski definition) is 3. The largest absolute Gasteiger partial charge is 0.393 e. The Morgan fingerprint density at radius 2 is 1.84 bits per heavy atom. The van der Waals surface area contributed by atoms with Crippen molar-refractivity contribution in [2.24, 2.45) is 11.8 Å². The zero-order valence-corrected chi connectivity index (χ0v) is 14.6. The highest BCUT2D eigenvalue weighted by molar-refractivity contribution is 5.73. The van der Waals surface area contributed by atoms with Crippen molar-refractivity contribution in [1.29, 1.82) is 0 Å². The topological polar surface area (TPSA) is 64.6 Å². The van der Waals surface area contributed by atoms with Gasteiger partial charge >= 0.3 is 6.03 Å². The molecule has 1 saturated carbocycles. The number of amides is 2. The molecule has 138 valence electrons. The summed E-state index contributed by atoms with van der Waals surface area (Å²) in [6.07, 6.45) is 4.60. The van der Waals surface area contributed by atoms with Crippen molar-refractivity contribution in [1.82, 2.24) is 10.6 Å². The minimum absolute atomic E-state index is 0.125. The maximum Gasteiger partial charge on any atom is 0.314 e. The molecule has 3 atom stereocenters. The molecule has 3 rings (SSSR count). The van der Waals surface area contributed by atoms with Crippen LogP contribution in [0.4, 0.5) is 14.9 Å². The highest BCUT2D eigenvalue weighted by atomic mass is 19.1. The summed E-state index contributed by atoms with van der Waals surface area (Å²) in [5.74, 6) is 0.575. The fraction of sp³-hybridized carbons (Fsp3) is 0.632. The van der Waals surface area contributed by atoms with E-state index in [1.165, 1.54) is 12.1 Å². The molecule has 0 radical (unpaired) electrons. The van der Waals surface area contributed by atoms with Gasteiger partial charge in [-0.05, 0) is 61.8 Å². The number of nitrogens with zero attached hydrogens (tertiary/aromatic N) is 1. The van der Waals surface area contributed by atoms with Crippen LogP contribution in [0.2, 0.25) is 0 Å². The molecule has 0 bridgehead atoms. The Morgan fingerprint density at radius 1 is 1.12 bits per heavy atom. The van der Waals surface area contributed by atoms with Gasteiger partial charge in [0, 0.05) is 31.9 Å². The number of carbonyl (C=O) groups is 1. The second-order valence-corrected chi connectivity index (χ2v) is 7.35. The van der Waals surface area contributed by atoms with E-state index in [0.717, 1.165) is 50.9 Å². The van der Waals surface area contributed by atoms with Crippen molar-refractivity contribution in [3.05, 3.63) is 30.1 Å². The Kier molecular flexibility index (Phi) is 6.13. The summed E-state index contributed by atoms with van der Waals surface area (Å²) in [5, 5.41) is 15.6. The van der Waals surface area contributed by atoms with Crippen LogP contribution in [-0.2, 0) is 0 Å². The molecule has 3 N–H and O–H groups in total. The van der Waals surface area contributed by atoms with Crippen molar-refractivity contribution in [3.63, 3.8) is 0 Å². The van der Waals surface area contributed by atoms with Gasteiger partial charge in [0.1, 0.15) is 5.82 Å². The molecular formula is C19H28FN3O2. The molecule has 1 saturated heterocycles. The van der Waals surface area contributed by atoms with E-state index in [4.69, 9.17) is 0 Å². The maximum absolute atomic E-state index is 13.0. The highest BCUT2D eigenvalue weighted by Gasteiger charge is 2.24. The number of hydrogen-bond donors (Lipinski definition) is 3. The first kappa shape index (κ1) is 18.0. The first-order valence-electron chi connectivity index (χ1n) is 9.30. The van der Waals surface area contributed by atoms with Crippen molar-refractivity contribution < 1.29 is 14.3 Å². The number of nitrogens with one attached hydrogen (secondary N) is 2. The van der Waals surface area contributed by atoms with Crippen LogP contribution in [-0.4, -0.2) is 43.4 Å². The van der Waals surface area contributed by atoms with Gasteiger partial charge in [-0.15, -0.1) is 0 Å². The summed E-state index contributed by atoms with van der Waals surface area (Å²) in [6, 6.07) is 6.44. The third-order valence-electron chi connectivity index (χ3n) is 5.34. The van der Waals surface area contributed by atoms with Crippen LogP contribution in [0.15, 0.2) is 24.3 Å². The molecule has 3 unspecified atom stereocenters. The van der Waals surface area contributed by atoms with Gasteiger partial charge in [0.2, 0.25) is 0 Å². The number of rotatable bonds is 5. The molecule has 0 aromatic heterocycles. The second kappa shape index (κ2) is 8.52. The quantitative estimate of drug-likeness (QED) is 0.765. The predicted octanol–water partition coefficient (Wildman–Crippen LogP) is 2.50. The molecule has 2 amide bonds. The molecule has 5 nitrogen and oxygen atoms in total. The third kappa shape index (κ3) is 5.33. The van der Waals surface area contributed by atoms with Crippen LogP contribution in [0.1, 0.15) is 32.1 Å². The Morgan fingerprint density at radius 3 is 2.56 bits per heavy atom. The van der Waals surface area contributed by atoms with Gasteiger partial charge < -0.3 is 20.6 Å². The van der Waals surface area contributed by atoms with Crippen LogP contribution in [0.3, 0.4) is 0 Å². The zero-order chi connectivity index (χ0) is 17.6. The normalized spacial score (nSPS) is 26.5. The molecule has 1 aromatic carbocycles. The summed E-state index contributed by atoms with van der Waals surface area (Å²) < 4.78 is 13.0. The van der Waals surface area contributed by atoms with Crippen LogP contribution in [0.5, 0.6) is 0 Å². The van der Waals surface area contributed by atoms with Crippen molar-refractivity contribution in [2.45, 2.75) is 38.2 Å². The maximum atomic E-state index is 13.0. The first-order valence-corrected chi connectivity index (χ1v) is 9.30. The second-order valence-electron chi connectivity index (χ2n) is 7.35. The van der Waals surface area contributed by atoms with Gasteiger partial charge in [-0.3, -0.25) is 0 Å². The molecule has 2 aliphatic rings. The number of halogens is 1. The molecule has 1 heterocycles. The number of aliphatic hydroxyl groups is 1. The fourth-order valence-electron chi connectivity index (χ4n) is 3.87. The van der Waals surface area contributed by atoms with Gasteiger partial charge in [0.05, 0.1) is 6.10 Å². The van der Waals surface area contributed by atoms with Crippen molar-refractivity contribution >= 4 is 11.7 Å². The Bertz CT molecular complexity index is 566. The van der Waals surface area contributed by atoms with E-state index in [2.05, 4.69) is 15.5 Å². The lowest BCUT2D eigenvalue weighted by Gasteiger charge is -2.26. The summed E-state index contributed by atoms with van der Waals surface area (Å²) in [6.45, 7) is 3.09. The lowest BCUT2D eigenvalue weighted by molar-refractivity contribution is 0.101. The predicted molar refractivity (Wildman–Crippen MR) is 96.1 cm³/mol. The summed E-state index contributed by atoms with van der Waals surface area (Å²) >= 11 is 0. The Balaban J connectivity index is 1.34. The lowest BCUT2D eigenvalue weighted by atomic mass is 9.87. The van der Waals surface area contributed by atoms with Crippen LogP contribution in [0, 0.1) is 17.7 Å². The van der Waals surface area contributed by atoms with E-state index in [1.54, 1.807) is 12.1 Å². The van der Waals surface area contributed by atoms with Gasteiger partial charge in [-0.1, -0.05) is 6.42 Å². The van der Waals surface area contributed by atoms with Gasteiger partial charge in [0.15, 0.2) is 0 Å². The van der Waals surface area contributed by atoms with E-state index in [0.29, 0.717) is 24.9 Å². The molecule has 1 aliphatic carbocycles. The van der Waals surface area contributed by atoms with Crippen LogP contribution in [0.25, 0.3) is 0 Å². The highest BCUT2D eigenvalue weighted by Crippen LogP contribution is 2.24. The fourth-order valence-corrected chi connectivity index (χ4v) is 3.87. The third-order valence-corrected chi connectivity index (χ3v) is 5.34. The Labute approximate surface area is 148 Å². The standard InChI is InChI=1S/C19H28FN3O2/c20-16-4-6-17(7-5-16)23-9-8-15(13-23)12-22-19(25)21-11-14-2-1-3-18(24)10-14/h4-7,14-15,18,24H,1-3,8-13H2,(H2,21,22,25). The van der Waals surface area contributed by atoms with Gasteiger partial charge in [-0.2, -0.15) is 0 Å². The zero-order valence-electron chi connectivity index (χ0n) is 14.6. The molecule has 0 spiro atoms. The Hall–Kier alpha value is -1.82. The number of urea groups is 1. The molecule has 25 heavy (non-hydrogen) atoms. The average Bonchev–Trinajstić information content (AvgIpc) is 3.08. The van der Waals surface area contributed by atoms with Crippen molar-refractivity contribution in [2.75, 3.05) is 31.1 Å². The minimum atomic E-state index is -0.219. The molecule has 1 aromatic rings. The smallest absolute Gasteiger partial charge is 0.314 e. The van der Waals surface area contributed by atoms with Crippen LogP contribution >= 0.6 is 0 Å². The SMILES string of the molecule is O=C(NCC1CCCC(O)C1)NCC1CCN(c2ccc(F)cc2)C1. The number of carbonyl (C=O) groups excluding carboxylic acids is 1. The molecular weight excluding hydrogens is 321 g/mol. The average molecular weight is 349 g/mol. The van der Waals surface area contributed by atoms with E-state index < -0.39 is 0 Å². The van der Waals surface area contributed by atoms with E-state index >= 15 is 0 Å².